The number of carbonyl (C=O) groups is 2. The summed E-state index contributed by atoms with van der Waals surface area (Å²) < 4.78 is 5.60. The fourth-order valence-corrected chi connectivity index (χ4v) is 4.94. The van der Waals surface area contributed by atoms with Gasteiger partial charge in [0.05, 0.1) is 6.42 Å². The molecule has 0 aromatic heterocycles. The highest BCUT2D eigenvalue weighted by molar-refractivity contribution is 5.79. The summed E-state index contributed by atoms with van der Waals surface area (Å²) in [4.78, 5) is 23.9. The molecule has 1 aliphatic rings. The zero-order valence-electron chi connectivity index (χ0n) is 20.4. The first-order valence-corrected chi connectivity index (χ1v) is 12.9. The zero-order chi connectivity index (χ0) is 24.2. The number of ether oxygens (including phenoxy) is 1. The molecule has 0 bridgehead atoms. The summed E-state index contributed by atoms with van der Waals surface area (Å²) in [7, 11) is 0. The molecule has 1 unspecified atom stereocenters. The van der Waals surface area contributed by atoms with Crippen LogP contribution in [0.15, 0.2) is 48.5 Å². The summed E-state index contributed by atoms with van der Waals surface area (Å²) >= 11 is 0. The van der Waals surface area contributed by atoms with Gasteiger partial charge >= 0.3 is 12.1 Å². The summed E-state index contributed by atoms with van der Waals surface area (Å²) in [6.07, 6.45) is 10.9. The minimum atomic E-state index is -0.903. The number of unbranched alkanes of at least 4 members (excludes halogenated alkanes) is 8. The maximum atomic E-state index is 12.5. The zero-order valence-corrected chi connectivity index (χ0v) is 20.4. The van der Waals surface area contributed by atoms with Gasteiger partial charge < -0.3 is 15.2 Å². The first-order chi connectivity index (χ1) is 16.6. The number of rotatable bonds is 15. The molecule has 3 rings (SSSR count). The molecule has 0 aliphatic heterocycles. The van der Waals surface area contributed by atoms with Gasteiger partial charge in [0, 0.05) is 12.0 Å². The largest absolute Gasteiger partial charge is 0.481 e. The fourth-order valence-electron chi connectivity index (χ4n) is 4.94. The van der Waals surface area contributed by atoms with Crippen LogP contribution >= 0.6 is 0 Å². The maximum Gasteiger partial charge on any atom is 0.407 e. The van der Waals surface area contributed by atoms with Gasteiger partial charge in [0.25, 0.3) is 0 Å². The van der Waals surface area contributed by atoms with E-state index in [9.17, 15) is 14.7 Å². The average molecular weight is 466 g/mol. The number of carboxylic acid groups (broad SMARTS) is 1. The maximum absolute atomic E-state index is 12.5. The number of carboxylic acids is 1. The van der Waals surface area contributed by atoms with Gasteiger partial charge in [-0.15, -0.1) is 0 Å². The number of amides is 1. The Morgan fingerprint density at radius 3 is 1.94 bits per heavy atom. The molecule has 5 nitrogen and oxygen atoms in total. The Bertz CT molecular complexity index is 880. The van der Waals surface area contributed by atoms with Gasteiger partial charge in [-0.2, -0.15) is 0 Å². The topological polar surface area (TPSA) is 75.6 Å². The summed E-state index contributed by atoms with van der Waals surface area (Å²) in [6, 6.07) is 16.0. The van der Waals surface area contributed by atoms with Crippen LogP contribution in [0.4, 0.5) is 4.79 Å². The summed E-state index contributed by atoms with van der Waals surface area (Å²) in [5, 5.41) is 12.1. The smallest absolute Gasteiger partial charge is 0.407 e. The van der Waals surface area contributed by atoms with E-state index in [1.54, 1.807) is 0 Å². The highest BCUT2D eigenvalue weighted by Crippen LogP contribution is 2.44. The van der Waals surface area contributed by atoms with Crippen LogP contribution in [-0.2, 0) is 9.53 Å². The molecule has 1 atom stereocenters. The minimum absolute atomic E-state index is 0.00611. The van der Waals surface area contributed by atoms with Crippen molar-refractivity contribution in [2.24, 2.45) is 0 Å². The van der Waals surface area contributed by atoms with E-state index in [1.165, 1.54) is 49.7 Å². The number of fused-ring (bicyclic) bond motifs is 3. The van der Waals surface area contributed by atoms with Gasteiger partial charge in [0.2, 0.25) is 0 Å². The molecule has 0 radical (unpaired) electrons. The first-order valence-electron chi connectivity index (χ1n) is 12.9. The number of alkyl carbamates (subject to hydrolysis) is 1. The van der Waals surface area contributed by atoms with Crippen molar-refractivity contribution in [1.29, 1.82) is 0 Å². The van der Waals surface area contributed by atoms with Crippen LogP contribution in [0.3, 0.4) is 0 Å². The summed E-state index contributed by atoms with van der Waals surface area (Å²) in [5.74, 6) is -0.909. The van der Waals surface area contributed by atoms with E-state index in [0.29, 0.717) is 6.42 Å². The normalized spacial score (nSPS) is 13.2. The molecule has 0 fully saturated rings. The predicted octanol–water partition coefficient (Wildman–Crippen LogP) is 7.29. The van der Waals surface area contributed by atoms with Crippen molar-refractivity contribution in [2.45, 2.75) is 89.5 Å². The van der Waals surface area contributed by atoms with E-state index < -0.39 is 18.1 Å². The Hall–Kier alpha value is -2.82. The summed E-state index contributed by atoms with van der Waals surface area (Å²) in [6.45, 7) is 2.46. The van der Waals surface area contributed by atoms with Crippen LogP contribution in [0.1, 0.15) is 94.6 Å². The monoisotopic (exact) mass is 465 g/mol. The Balaban J connectivity index is 1.44. The number of benzene rings is 2. The number of nitrogens with one attached hydrogen (secondary N) is 1. The molecule has 2 aromatic rings. The molecule has 0 heterocycles. The van der Waals surface area contributed by atoms with Crippen LogP contribution in [0.5, 0.6) is 0 Å². The third-order valence-electron chi connectivity index (χ3n) is 6.74. The van der Waals surface area contributed by atoms with Gasteiger partial charge in [-0.3, -0.25) is 4.79 Å². The predicted molar refractivity (Wildman–Crippen MR) is 136 cm³/mol. The average Bonchev–Trinajstić information content (AvgIpc) is 3.15. The van der Waals surface area contributed by atoms with Gasteiger partial charge in [-0.05, 0) is 28.7 Å². The molecule has 34 heavy (non-hydrogen) atoms. The fraction of sp³-hybridized carbons (Fsp3) is 0.517. The van der Waals surface area contributed by atoms with Crippen molar-refractivity contribution in [2.75, 3.05) is 6.61 Å². The minimum Gasteiger partial charge on any atom is -0.481 e. The van der Waals surface area contributed by atoms with E-state index in [-0.39, 0.29) is 18.9 Å². The molecule has 1 amide bonds. The molecular weight excluding hydrogens is 426 g/mol. The van der Waals surface area contributed by atoms with Crippen LogP contribution in [0, 0.1) is 0 Å². The first kappa shape index (κ1) is 25.8. The molecule has 5 heteroatoms. The van der Waals surface area contributed by atoms with E-state index >= 15 is 0 Å². The van der Waals surface area contributed by atoms with Crippen LogP contribution < -0.4 is 5.32 Å². The van der Waals surface area contributed by atoms with Crippen molar-refractivity contribution >= 4 is 12.1 Å². The van der Waals surface area contributed by atoms with E-state index in [4.69, 9.17) is 4.74 Å². The quantitative estimate of drug-likeness (QED) is 0.271. The second-order valence-corrected chi connectivity index (χ2v) is 9.38. The van der Waals surface area contributed by atoms with E-state index in [0.717, 1.165) is 30.4 Å². The van der Waals surface area contributed by atoms with Crippen LogP contribution in [-0.4, -0.2) is 29.8 Å². The molecular formula is C29H39NO4. The molecule has 1 aliphatic carbocycles. The Morgan fingerprint density at radius 2 is 1.38 bits per heavy atom. The van der Waals surface area contributed by atoms with Crippen molar-refractivity contribution in [3.05, 3.63) is 59.7 Å². The standard InChI is InChI=1S/C29H39NO4/c1-2-3-4-5-6-7-8-9-10-15-22(20-28(31)32)30-29(33)34-21-27-25-18-13-11-16-23(25)24-17-12-14-19-26(24)27/h11-14,16-19,22,27H,2-10,15,20-21H2,1H3,(H,30,33)(H,31,32). The highest BCUT2D eigenvalue weighted by atomic mass is 16.5. The van der Waals surface area contributed by atoms with Crippen LogP contribution in [0.25, 0.3) is 11.1 Å². The van der Waals surface area contributed by atoms with Crippen molar-refractivity contribution in [1.82, 2.24) is 5.32 Å². The number of carbonyl (C=O) groups excluding carboxylic acids is 1. The Kier molecular flexibility index (Phi) is 10.5. The van der Waals surface area contributed by atoms with Gasteiger partial charge in [-0.25, -0.2) is 4.79 Å². The number of hydrogen-bond acceptors (Lipinski definition) is 3. The van der Waals surface area contributed by atoms with Crippen LogP contribution in [0.2, 0.25) is 0 Å². The molecule has 0 saturated heterocycles. The second kappa shape index (κ2) is 13.8. The Labute approximate surface area is 203 Å². The SMILES string of the molecule is CCCCCCCCCCCC(CC(=O)O)NC(=O)OCC1c2ccccc2-c2ccccc21. The van der Waals surface area contributed by atoms with Crippen molar-refractivity contribution < 1.29 is 19.4 Å². The van der Waals surface area contributed by atoms with Gasteiger partial charge in [-0.1, -0.05) is 113 Å². The second-order valence-electron chi connectivity index (χ2n) is 9.38. The molecule has 2 aromatic carbocycles. The third kappa shape index (κ3) is 7.61. The lowest BCUT2D eigenvalue weighted by molar-refractivity contribution is -0.137. The van der Waals surface area contributed by atoms with Crippen molar-refractivity contribution in [3.63, 3.8) is 0 Å². The summed E-state index contributed by atoms with van der Waals surface area (Å²) in [5.41, 5.74) is 4.68. The molecule has 0 saturated carbocycles. The van der Waals surface area contributed by atoms with Gasteiger partial charge in [0.15, 0.2) is 0 Å². The lowest BCUT2D eigenvalue weighted by atomic mass is 9.98. The van der Waals surface area contributed by atoms with Gasteiger partial charge in [0.1, 0.15) is 6.61 Å². The number of hydrogen-bond donors (Lipinski definition) is 2. The lowest BCUT2D eigenvalue weighted by Crippen LogP contribution is -2.37. The third-order valence-corrected chi connectivity index (χ3v) is 6.74. The lowest BCUT2D eigenvalue weighted by Gasteiger charge is -2.19. The molecule has 2 N–H and O–H groups in total. The van der Waals surface area contributed by atoms with E-state index in [1.807, 2.05) is 24.3 Å². The molecule has 184 valence electrons. The van der Waals surface area contributed by atoms with E-state index in [2.05, 4.69) is 36.5 Å². The number of aliphatic carboxylic acids is 1. The highest BCUT2D eigenvalue weighted by Gasteiger charge is 2.29. The molecule has 0 spiro atoms. The van der Waals surface area contributed by atoms with Crippen molar-refractivity contribution in [3.8, 4) is 11.1 Å². The Morgan fingerprint density at radius 1 is 0.853 bits per heavy atom.